The molecule has 2 nitrogen and oxygen atoms in total. The SMILES string of the molecule is c1ccc(-c2ccc(-n3c4ccccc4c4cc(-c5ccc6c(c5)c5ccccc5n6-c5cccc(-c6ccc(-c7ccc(-c8cccc(-c9ccccc9C9(c%10ccccc%10)c%10ccccc%10-c%10ccccc%109)c8)cc7)cc6)c5)ccc43)cc2)cc1. The largest absolute Gasteiger partial charge is 0.309 e. The highest BCUT2D eigenvalue weighted by atomic mass is 15.0. The second-order valence-corrected chi connectivity index (χ2v) is 23.1. The first-order valence-electron chi connectivity index (χ1n) is 30.1. The number of para-hydroxylation sites is 2. The zero-order chi connectivity index (χ0) is 57.4. The predicted octanol–water partition coefficient (Wildman–Crippen LogP) is 22.2. The minimum absolute atomic E-state index is 0.484. The minimum atomic E-state index is -0.484. The molecule has 0 spiro atoms. The molecule has 0 N–H and O–H groups in total. The van der Waals surface area contributed by atoms with Crippen LogP contribution in [0.2, 0.25) is 0 Å². The Morgan fingerprint density at radius 1 is 0.184 bits per heavy atom. The summed E-state index contributed by atoms with van der Waals surface area (Å²) in [5.74, 6) is 0. The molecule has 0 unspecified atom stereocenters. The maximum Gasteiger partial charge on any atom is 0.0719 e. The zero-order valence-electron chi connectivity index (χ0n) is 47.7. The summed E-state index contributed by atoms with van der Waals surface area (Å²) >= 11 is 0. The lowest BCUT2D eigenvalue weighted by atomic mass is 9.66. The van der Waals surface area contributed by atoms with E-state index >= 15 is 0 Å². The van der Waals surface area contributed by atoms with Gasteiger partial charge in [-0.05, 0) is 167 Å². The van der Waals surface area contributed by atoms with Crippen molar-refractivity contribution < 1.29 is 0 Å². The Bertz CT molecular complexity index is 5250. The van der Waals surface area contributed by atoms with Gasteiger partial charge in [0, 0.05) is 32.9 Å². The van der Waals surface area contributed by atoms with Gasteiger partial charge in [-0.3, -0.25) is 0 Å². The van der Waals surface area contributed by atoms with Gasteiger partial charge < -0.3 is 9.13 Å². The molecule has 406 valence electrons. The highest BCUT2D eigenvalue weighted by molar-refractivity contribution is 6.13. The van der Waals surface area contributed by atoms with Crippen LogP contribution >= 0.6 is 0 Å². The summed E-state index contributed by atoms with van der Waals surface area (Å²) in [6.45, 7) is 0. The molecule has 2 aromatic heterocycles. The van der Waals surface area contributed by atoms with Crippen LogP contribution < -0.4 is 0 Å². The highest BCUT2D eigenvalue weighted by Crippen LogP contribution is 2.58. The Balaban J connectivity index is 0.656. The van der Waals surface area contributed by atoms with Crippen molar-refractivity contribution in [2.24, 2.45) is 0 Å². The van der Waals surface area contributed by atoms with E-state index in [1.807, 2.05) is 0 Å². The lowest BCUT2D eigenvalue weighted by Gasteiger charge is -2.35. The fraction of sp³-hybridized carbons (Fsp3) is 0.0118. The molecule has 0 atom stereocenters. The molecular weight excluding hydrogens is 1050 g/mol. The van der Waals surface area contributed by atoms with E-state index < -0.39 is 5.41 Å². The summed E-state index contributed by atoms with van der Waals surface area (Å²) in [6, 6.07) is 125. The van der Waals surface area contributed by atoms with Crippen LogP contribution in [0, 0.1) is 0 Å². The maximum absolute atomic E-state index is 2.43. The Labute approximate surface area is 506 Å². The van der Waals surface area contributed by atoms with E-state index in [2.05, 4.69) is 349 Å². The molecule has 0 saturated heterocycles. The van der Waals surface area contributed by atoms with E-state index in [1.165, 1.54) is 144 Å². The summed E-state index contributed by atoms with van der Waals surface area (Å²) in [7, 11) is 0. The summed E-state index contributed by atoms with van der Waals surface area (Å²) in [5, 5.41) is 4.96. The van der Waals surface area contributed by atoms with E-state index in [4.69, 9.17) is 0 Å². The number of nitrogens with zero attached hydrogens (tertiary/aromatic N) is 2. The number of hydrogen-bond acceptors (Lipinski definition) is 0. The molecule has 2 heteroatoms. The van der Waals surface area contributed by atoms with Crippen LogP contribution in [0.3, 0.4) is 0 Å². The van der Waals surface area contributed by atoms with Gasteiger partial charge in [0.25, 0.3) is 0 Å². The summed E-state index contributed by atoms with van der Waals surface area (Å²) in [4.78, 5) is 0. The van der Waals surface area contributed by atoms with Crippen LogP contribution in [0.5, 0.6) is 0 Å². The third-order valence-electron chi connectivity index (χ3n) is 18.4. The van der Waals surface area contributed by atoms with E-state index in [0.717, 1.165) is 11.4 Å². The first kappa shape index (κ1) is 50.2. The third-order valence-corrected chi connectivity index (χ3v) is 18.4. The average molecular weight is 1110 g/mol. The number of fused-ring (bicyclic) bond motifs is 9. The first-order valence-corrected chi connectivity index (χ1v) is 30.1. The van der Waals surface area contributed by atoms with Crippen LogP contribution in [-0.4, -0.2) is 9.13 Å². The first-order chi connectivity index (χ1) is 43.1. The maximum atomic E-state index is 2.43. The van der Waals surface area contributed by atoms with Gasteiger partial charge in [-0.1, -0.05) is 273 Å². The van der Waals surface area contributed by atoms with Crippen LogP contribution in [0.25, 0.3) is 133 Å². The molecule has 1 aliphatic rings. The fourth-order valence-electron chi connectivity index (χ4n) is 14.4. The van der Waals surface area contributed by atoms with Crippen molar-refractivity contribution in [3.8, 4) is 89.3 Å². The van der Waals surface area contributed by atoms with Gasteiger partial charge >= 0.3 is 0 Å². The molecule has 2 heterocycles. The normalized spacial score (nSPS) is 12.5. The second-order valence-electron chi connectivity index (χ2n) is 23.1. The van der Waals surface area contributed by atoms with E-state index in [0.29, 0.717) is 0 Å². The quantitative estimate of drug-likeness (QED) is 0.129. The van der Waals surface area contributed by atoms with Gasteiger partial charge in [0.15, 0.2) is 0 Å². The number of rotatable bonds is 10. The Kier molecular flexibility index (Phi) is 11.8. The Morgan fingerprint density at radius 3 is 1.08 bits per heavy atom. The van der Waals surface area contributed by atoms with Crippen molar-refractivity contribution in [2.75, 3.05) is 0 Å². The summed E-state index contributed by atoms with van der Waals surface area (Å²) in [6.07, 6.45) is 0. The van der Waals surface area contributed by atoms with Gasteiger partial charge in [-0.25, -0.2) is 0 Å². The minimum Gasteiger partial charge on any atom is -0.309 e. The summed E-state index contributed by atoms with van der Waals surface area (Å²) in [5.41, 5.74) is 28.7. The van der Waals surface area contributed by atoms with Gasteiger partial charge in [0.05, 0.1) is 27.5 Å². The standard InChI is InChI=1S/C85H56N2/c1-3-19-57(20-4-1)60-45-49-69(50-46-60)86-81-35-15-10-30-74(81)76-55-65(47-51-83(76)86)66-48-52-84-77(56-66)75-31-11-16-36-82(75)87(84)70-26-18-22-64(54-70)62-43-39-59(40-44-62)58-37-41-61(42-38-58)63-21-17-23-67(53-63)71-27-7-12-32-78(71)85(68-24-5-2-6-25-68)79-33-13-8-28-72(79)73-29-9-14-34-80(73)85/h1-56H. The number of hydrogen-bond donors (Lipinski definition) is 0. The fourth-order valence-corrected chi connectivity index (χ4v) is 14.4. The zero-order valence-corrected chi connectivity index (χ0v) is 47.7. The van der Waals surface area contributed by atoms with Gasteiger partial charge in [0.1, 0.15) is 0 Å². The molecule has 0 bridgehead atoms. The summed E-state index contributed by atoms with van der Waals surface area (Å²) < 4.78 is 4.83. The van der Waals surface area contributed by atoms with Crippen LogP contribution in [0.1, 0.15) is 22.3 Å². The van der Waals surface area contributed by atoms with E-state index in [9.17, 15) is 0 Å². The molecular formula is C85H56N2. The second kappa shape index (κ2) is 20.5. The van der Waals surface area contributed by atoms with Gasteiger partial charge in [-0.2, -0.15) is 0 Å². The Hall–Kier alpha value is -11.3. The molecule has 0 fully saturated rings. The van der Waals surface area contributed by atoms with Crippen LogP contribution in [0.4, 0.5) is 0 Å². The van der Waals surface area contributed by atoms with Crippen molar-refractivity contribution in [1.82, 2.24) is 9.13 Å². The molecule has 0 aliphatic heterocycles. The number of aromatic nitrogens is 2. The molecule has 0 radical (unpaired) electrons. The lowest BCUT2D eigenvalue weighted by molar-refractivity contribution is 0.770. The predicted molar refractivity (Wildman–Crippen MR) is 365 cm³/mol. The van der Waals surface area contributed by atoms with Gasteiger partial charge in [0.2, 0.25) is 0 Å². The average Bonchev–Trinajstić information content (AvgIpc) is 1.70. The molecule has 17 rings (SSSR count). The van der Waals surface area contributed by atoms with E-state index in [1.54, 1.807) is 0 Å². The van der Waals surface area contributed by atoms with Crippen LogP contribution in [-0.2, 0) is 5.41 Å². The highest BCUT2D eigenvalue weighted by Gasteiger charge is 2.47. The molecule has 0 amide bonds. The van der Waals surface area contributed by atoms with E-state index in [-0.39, 0.29) is 0 Å². The van der Waals surface area contributed by atoms with Crippen molar-refractivity contribution >= 4 is 43.6 Å². The van der Waals surface area contributed by atoms with Crippen molar-refractivity contribution in [2.45, 2.75) is 5.41 Å². The van der Waals surface area contributed by atoms with Crippen molar-refractivity contribution in [1.29, 1.82) is 0 Å². The van der Waals surface area contributed by atoms with Gasteiger partial charge in [-0.15, -0.1) is 0 Å². The lowest BCUT2D eigenvalue weighted by Crippen LogP contribution is -2.29. The van der Waals surface area contributed by atoms with Crippen molar-refractivity contribution in [3.05, 3.63) is 362 Å². The van der Waals surface area contributed by atoms with Crippen LogP contribution in [0.15, 0.2) is 340 Å². The number of benzene rings is 14. The molecule has 14 aromatic carbocycles. The molecule has 0 saturated carbocycles. The van der Waals surface area contributed by atoms with Crippen molar-refractivity contribution in [3.63, 3.8) is 0 Å². The molecule has 87 heavy (non-hydrogen) atoms. The third kappa shape index (κ3) is 8.17. The monoisotopic (exact) mass is 1100 g/mol. The topological polar surface area (TPSA) is 9.86 Å². The Morgan fingerprint density at radius 2 is 0.529 bits per heavy atom. The molecule has 1 aliphatic carbocycles. The smallest absolute Gasteiger partial charge is 0.0719 e. The molecule has 16 aromatic rings.